The molecule has 228 valence electrons. The highest BCUT2D eigenvalue weighted by Gasteiger charge is 1.92. The average molecular weight is 549 g/mol. The van der Waals surface area contributed by atoms with Crippen LogP contribution < -0.4 is 0 Å². The van der Waals surface area contributed by atoms with Gasteiger partial charge in [-0.1, -0.05) is 218 Å². The monoisotopic (exact) mass is 549 g/mol. The molecule has 0 radical (unpaired) electrons. The van der Waals surface area contributed by atoms with Gasteiger partial charge < -0.3 is 0 Å². The first-order valence-corrected chi connectivity index (χ1v) is 14.3. The van der Waals surface area contributed by atoms with Gasteiger partial charge in [0.15, 0.2) is 0 Å². The van der Waals surface area contributed by atoms with Crippen LogP contribution in [-0.2, 0) is 12.8 Å². The number of benzene rings is 4. The quantitative estimate of drug-likeness (QED) is 0.239. The second kappa shape index (κ2) is 43.0. The van der Waals surface area contributed by atoms with Crippen LogP contribution in [0.5, 0.6) is 0 Å². The molecule has 0 fully saturated rings. The molecule has 0 bridgehead atoms. The van der Waals surface area contributed by atoms with Gasteiger partial charge >= 0.3 is 0 Å². The van der Waals surface area contributed by atoms with Gasteiger partial charge in [-0.2, -0.15) is 0 Å². The van der Waals surface area contributed by atoms with E-state index in [1.165, 1.54) is 28.7 Å². The second-order valence-electron chi connectivity index (χ2n) is 7.35. The van der Waals surface area contributed by atoms with Crippen LogP contribution >= 0.6 is 0 Å². The van der Waals surface area contributed by atoms with Crippen LogP contribution in [-0.4, -0.2) is 0 Å². The van der Waals surface area contributed by atoms with Gasteiger partial charge in [0.2, 0.25) is 0 Å². The Labute approximate surface area is 253 Å². The van der Waals surface area contributed by atoms with Crippen molar-refractivity contribution in [3.05, 3.63) is 144 Å². The number of hydrogen-bond donors (Lipinski definition) is 0. The van der Waals surface area contributed by atoms with Crippen molar-refractivity contribution < 1.29 is 0 Å². The fraction of sp³-hybridized carbons (Fsp3) is 0.400. The Bertz CT molecular complexity index is 829. The summed E-state index contributed by atoms with van der Waals surface area (Å²) in [7, 11) is 0. The van der Waals surface area contributed by atoms with Crippen molar-refractivity contribution in [2.45, 2.75) is 111 Å². The lowest BCUT2D eigenvalue weighted by Gasteiger charge is -2.00. The highest BCUT2D eigenvalue weighted by atomic mass is 14.0. The van der Waals surface area contributed by atoms with E-state index in [2.05, 4.69) is 125 Å². The van der Waals surface area contributed by atoms with Crippen LogP contribution in [0.4, 0.5) is 0 Å². The van der Waals surface area contributed by atoms with Crippen molar-refractivity contribution in [3.63, 3.8) is 0 Å². The molecule has 0 saturated carbocycles. The van der Waals surface area contributed by atoms with Gasteiger partial charge in [0.1, 0.15) is 0 Å². The summed E-state index contributed by atoms with van der Waals surface area (Å²) < 4.78 is 0. The van der Waals surface area contributed by atoms with Crippen LogP contribution in [0.25, 0.3) is 0 Å². The van der Waals surface area contributed by atoms with Gasteiger partial charge in [0.25, 0.3) is 0 Å². The summed E-state index contributed by atoms with van der Waals surface area (Å²) in [5.74, 6) is 0. The molecule has 0 aliphatic carbocycles. The molecule has 4 rings (SSSR count). The lowest BCUT2D eigenvalue weighted by Crippen LogP contribution is -1.85. The Morgan fingerprint density at radius 3 is 0.775 bits per heavy atom. The molecule has 4 aromatic carbocycles. The predicted molar refractivity (Wildman–Crippen MR) is 193 cm³/mol. The smallest absolute Gasteiger partial charge is 0.00258 e. The Kier molecular flexibility index (Phi) is 53.5. The molecular formula is C40H68. The Balaban J connectivity index is -0.0000000947. The lowest BCUT2D eigenvalue weighted by atomic mass is 10.1. The molecule has 40 heavy (non-hydrogen) atoms. The minimum atomic E-state index is 0. The summed E-state index contributed by atoms with van der Waals surface area (Å²) in [4.78, 5) is 0. The summed E-state index contributed by atoms with van der Waals surface area (Å²) in [6.07, 6.45) is 3.42. The van der Waals surface area contributed by atoms with E-state index in [4.69, 9.17) is 0 Å². The van der Waals surface area contributed by atoms with Gasteiger partial charge in [-0.05, 0) is 36.5 Å². The van der Waals surface area contributed by atoms with Gasteiger partial charge in [-0.15, -0.1) is 0 Å². The Hall–Kier alpha value is -3.12. The van der Waals surface area contributed by atoms with E-state index in [1.807, 2.05) is 65.8 Å². The molecule has 0 saturated heterocycles. The second-order valence-corrected chi connectivity index (χ2v) is 7.35. The SMILES string of the molecule is C.C.C.CC.CC.CC.CCC.CCc1ccccc1.Cc1ccccc1.c1ccc(Cc2ccccc2)cc1. The van der Waals surface area contributed by atoms with Crippen molar-refractivity contribution in [2.75, 3.05) is 0 Å². The molecular weight excluding hydrogens is 480 g/mol. The van der Waals surface area contributed by atoms with Gasteiger partial charge in [-0.3, -0.25) is 0 Å². The minimum Gasteiger partial charge on any atom is -0.0776 e. The van der Waals surface area contributed by atoms with Crippen molar-refractivity contribution in [1.82, 2.24) is 0 Å². The van der Waals surface area contributed by atoms with Crippen LogP contribution in [0.2, 0.25) is 0 Å². The summed E-state index contributed by atoms with van der Waals surface area (Å²) in [5, 5.41) is 0. The molecule has 0 nitrogen and oxygen atoms in total. The third-order valence-corrected chi connectivity index (χ3v) is 4.29. The summed E-state index contributed by atoms with van der Waals surface area (Å²) in [6.45, 7) is 20.5. The number of aryl methyl sites for hydroxylation is 2. The number of rotatable bonds is 3. The maximum absolute atomic E-state index is 2.16. The molecule has 0 amide bonds. The van der Waals surface area contributed by atoms with Crippen LogP contribution in [0.15, 0.2) is 121 Å². The van der Waals surface area contributed by atoms with E-state index in [0.29, 0.717) is 0 Å². The summed E-state index contributed by atoms with van der Waals surface area (Å²) in [6, 6.07) is 41.8. The molecule has 0 aliphatic rings. The molecule has 0 aromatic heterocycles. The zero-order valence-corrected chi connectivity index (χ0v) is 25.7. The van der Waals surface area contributed by atoms with Crippen molar-refractivity contribution in [3.8, 4) is 0 Å². The van der Waals surface area contributed by atoms with Crippen LogP contribution in [0.1, 0.15) is 113 Å². The van der Waals surface area contributed by atoms with Crippen molar-refractivity contribution in [2.24, 2.45) is 0 Å². The van der Waals surface area contributed by atoms with Gasteiger partial charge in [0, 0.05) is 0 Å². The fourth-order valence-electron chi connectivity index (χ4n) is 2.68. The lowest BCUT2D eigenvalue weighted by molar-refractivity contribution is 1.09. The molecule has 0 spiro atoms. The summed E-state index contributed by atoms with van der Waals surface area (Å²) in [5.41, 5.74) is 5.47. The largest absolute Gasteiger partial charge is 0.0776 e. The first kappa shape index (κ1) is 49.8. The third kappa shape index (κ3) is 32.9. The molecule has 4 aromatic rings. The highest BCUT2D eigenvalue weighted by Crippen LogP contribution is 2.07. The van der Waals surface area contributed by atoms with E-state index in [9.17, 15) is 0 Å². The topological polar surface area (TPSA) is 0 Å². The molecule has 0 heterocycles. The van der Waals surface area contributed by atoms with Crippen LogP contribution in [0, 0.1) is 6.92 Å². The first-order chi connectivity index (χ1) is 18.2. The molecule has 0 heteroatoms. The van der Waals surface area contributed by atoms with E-state index in [1.54, 1.807) is 0 Å². The standard InChI is InChI=1S/C13H12.C8H10.C7H8.C3H8.3C2H6.3CH4/c1-3-7-12(8-4-1)11-13-9-5-2-6-10-13;1-2-8-6-4-3-5-7-8;1-7-5-3-2-4-6-7;1-3-2;3*1-2;;;/h1-10H,11H2;3-7H,2H2,1H3;2-6H,1H3;3H2,1-2H3;3*1-2H3;3*1H4. The molecule has 0 unspecified atom stereocenters. The maximum atomic E-state index is 2.16. The molecule has 0 N–H and O–H groups in total. The molecule has 0 aliphatic heterocycles. The Morgan fingerprint density at radius 2 is 0.600 bits per heavy atom. The van der Waals surface area contributed by atoms with Gasteiger partial charge in [0.05, 0.1) is 0 Å². The Morgan fingerprint density at radius 1 is 0.375 bits per heavy atom. The average Bonchev–Trinajstić information content (AvgIpc) is 2.99. The maximum Gasteiger partial charge on any atom is -0.00258 e. The minimum absolute atomic E-state index is 0. The number of hydrogen-bond acceptors (Lipinski definition) is 0. The van der Waals surface area contributed by atoms with Crippen molar-refractivity contribution >= 4 is 0 Å². The predicted octanol–water partition coefficient (Wildman–Crippen LogP) is 13.9. The van der Waals surface area contributed by atoms with E-state index >= 15 is 0 Å². The zero-order valence-electron chi connectivity index (χ0n) is 25.7. The van der Waals surface area contributed by atoms with E-state index in [0.717, 1.165) is 12.8 Å². The fourth-order valence-corrected chi connectivity index (χ4v) is 2.68. The van der Waals surface area contributed by atoms with Crippen LogP contribution in [0.3, 0.4) is 0 Å². The molecule has 0 atom stereocenters. The van der Waals surface area contributed by atoms with Crippen molar-refractivity contribution in [1.29, 1.82) is 0 Å². The van der Waals surface area contributed by atoms with Gasteiger partial charge in [-0.25, -0.2) is 0 Å². The van der Waals surface area contributed by atoms with E-state index in [-0.39, 0.29) is 22.3 Å². The zero-order chi connectivity index (χ0) is 28.6. The third-order valence-electron chi connectivity index (χ3n) is 4.29. The normalized spacial score (nSPS) is 7.45. The van der Waals surface area contributed by atoms with E-state index < -0.39 is 0 Å². The highest BCUT2D eigenvalue weighted by molar-refractivity contribution is 5.25. The summed E-state index contributed by atoms with van der Waals surface area (Å²) >= 11 is 0. The first-order valence-electron chi connectivity index (χ1n) is 14.3.